The van der Waals surface area contributed by atoms with Crippen LogP contribution in [0, 0.1) is 0 Å². The summed E-state index contributed by atoms with van der Waals surface area (Å²) in [4.78, 5) is 6.57. The topological polar surface area (TPSA) is 37.4 Å². The summed E-state index contributed by atoms with van der Waals surface area (Å²) in [5, 5.41) is 3.40. The molecule has 21 heavy (non-hydrogen) atoms. The van der Waals surface area contributed by atoms with Gasteiger partial charge in [-0.15, -0.1) is 0 Å². The molecule has 4 heteroatoms. The standard InChI is InChI=1S/C17H21N3O/c1-3-21-17-7-5-15(12-19-17)18-11-13-4-6-16-14(10-13)8-9-20(16)2/h4-7,10,12,18H,3,8-9,11H2,1-2H3. The molecule has 110 valence electrons. The van der Waals surface area contributed by atoms with Gasteiger partial charge in [-0.1, -0.05) is 12.1 Å². The van der Waals surface area contributed by atoms with Crippen molar-refractivity contribution < 1.29 is 4.74 Å². The summed E-state index contributed by atoms with van der Waals surface area (Å²) >= 11 is 0. The zero-order valence-electron chi connectivity index (χ0n) is 12.6. The van der Waals surface area contributed by atoms with Crippen LogP contribution in [-0.4, -0.2) is 25.2 Å². The molecule has 1 N–H and O–H groups in total. The lowest BCUT2D eigenvalue weighted by Gasteiger charge is -2.12. The lowest BCUT2D eigenvalue weighted by Crippen LogP contribution is -2.12. The predicted octanol–water partition coefficient (Wildman–Crippen LogP) is 3.08. The Kier molecular flexibility index (Phi) is 3.95. The number of rotatable bonds is 5. The maximum atomic E-state index is 5.34. The summed E-state index contributed by atoms with van der Waals surface area (Å²) in [6.45, 7) is 4.53. The monoisotopic (exact) mass is 283 g/mol. The van der Waals surface area contributed by atoms with Crippen LogP contribution < -0.4 is 15.0 Å². The molecule has 0 saturated carbocycles. The van der Waals surface area contributed by atoms with E-state index in [1.54, 1.807) is 0 Å². The Labute approximate surface area is 125 Å². The molecule has 4 nitrogen and oxygen atoms in total. The Morgan fingerprint density at radius 1 is 1.29 bits per heavy atom. The quantitative estimate of drug-likeness (QED) is 0.915. The number of hydrogen-bond acceptors (Lipinski definition) is 4. The van der Waals surface area contributed by atoms with E-state index < -0.39 is 0 Å². The van der Waals surface area contributed by atoms with Gasteiger partial charge < -0.3 is 15.0 Å². The van der Waals surface area contributed by atoms with Crippen molar-refractivity contribution in [1.82, 2.24) is 4.98 Å². The van der Waals surface area contributed by atoms with E-state index in [4.69, 9.17) is 4.74 Å². The first-order valence-electron chi connectivity index (χ1n) is 7.42. The zero-order chi connectivity index (χ0) is 14.7. The summed E-state index contributed by atoms with van der Waals surface area (Å²) in [5.74, 6) is 0.670. The van der Waals surface area contributed by atoms with Crippen LogP contribution in [0.3, 0.4) is 0 Å². The van der Waals surface area contributed by atoms with Gasteiger partial charge in [-0.2, -0.15) is 0 Å². The van der Waals surface area contributed by atoms with Crippen LogP contribution in [0.2, 0.25) is 0 Å². The second kappa shape index (κ2) is 6.04. The number of nitrogens with one attached hydrogen (secondary N) is 1. The van der Waals surface area contributed by atoms with E-state index in [1.807, 2.05) is 25.3 Å². The van der Waals surface area contributed by atoms with Crippen LogP contribution in [0.15, 0.2) is 36.5 Å². The highest BCUT2D eigenvalue weighted by Gasteiger charge is 2.15. The lowest BCUT2D eigenvalue weighted by atomic mass is 10.1. The number of likely N-dealkylation sites (N-methyl/N-ethyl adjacent to an activating group) is 1. The molecule has 2 aromatic rings. The first-order valence-corrected chi connectivity index (χ1v) is 7.42. The van der Waals surface area contributed by atoms with E-state index in [1.165, 1.54) is 16.8 Å². The largest absolute Gasteiger partial charge is 0.478 e. The second-order valence-electron chi connectivity index (χ2n) is 5.31. The van der Waals surface area contributed by atoms with Crippen molar-refractivity contribution in [1.29, 1.82) is 0 Å². The van der Waals surface area contributed by atoms with Gasteiger partial charge >= 0.3 is 0 Å². The smallest absolute Gasteiger partial charge is 0.213 e. The third-order valence-electron chi connectivity index (χ3n) is 3.80. The van der Waals surface area contributed by atoms with Gasteiger partial charge in [-0.3, -0.25) is 0 Å². The Bertz CT molecular complexity index is 610. The molecule has 1 aliphatic rings. The van der Waals surface area contributed by atoms with Gasteiger partial charge in [0.05, 0.1) is 18.5 Å². The predicted molar refractivity (Wildman–Crippen MR) is 86.1 cm³/mol. The molecule has 0 radical (unpaired) electrons. The highest BCUT2D eigenvalue weighted by Crippen LogP contribution is 2.27. The molecule has 2 heterocycles. The summed E-state index contributed by atoms with van der Waals surface area (Å²) in [6.07, 6.45) is 2.95. The van der Waals surface area contributed by atoms with Crippen molar-refractivity contribution in [2.75, 3.05) is 30.4 Å². The summed E-state index contributed by atoms with van der Waals surface area (Å²) in [5.41, 5.74) is 5.12. The maximum Gasteiger partial charge on any atom is 0.213 e. The van der Waals surface area contributed by atoms with Crippen LogP contribution in [0.25, 0.3) is 0 Å². The molecule has 3 rings (SSSR count). The average Bonchev–Trinajstić information content (AvgIpc) is 2.88. The first-order chi connectivity index (χ1) is 10.3. The SMILES string of the molecule is CCOc1ccc(NCc2ccc3c(c2)CCN3C)cn1. The van der Waals surface area contributed by atoms with Crippen LogP contribution in [0.1, 0.15) is 18.1 Å². The number of aromatic nitrogens is 1. The van der Waals surface area contributed by atoms with Crippen LogP contribution in [0.4, 0.5) is 11.4 Å². The minimum atomic E-state index is 0.642. The number of nitrogens with zero attached hydrogens (tertiary/aromatic N) is 2. The third-order valence-corrected chi connectivity index (χ3v) is 3.80. The highest BCUT2D eigenvalue weighted by molar-refractivity contribution is 5.58. The molecule has 0 spiro atoms. The van der Waals surface area contributed by atoms with Gasteiger partial charge in [-0.05, 0) is 36.6 Å². The van der Waals surface area contributed by atoms with E-state index in [-0.39, 0.29) is 0 Å². The fourth-order valence-electron chi connectivity index (χ4n) is 2.65. The van der Waals surface area contributed by atoms with Gasteiger partial charge in [-0.25, -0.2) is 4.98 Å². The van der Waals surface area contributed by atoms with Crippen molar-refractivity contribution in [3.8, 4) is 5.88 Å². The van der Waals surface area contributed by atoms with Gasteiger partial charge in [0, 0.05) is 31.9 Å². The number of ether oxygens (including phenoxy) is 1. The molecular weight excluding hydrogens is 262 g/mol. The van der Waals surface area contributed by atoms with E-state index in [2.05, 4.69) is 40.4 Å². The van der Waals surface area contributed by atoms with Crippen molar-refractivity contribution >= 4 is 11.4 Å². The second-order valence-corrected chi connectivity index (χ2v) is 5.31. The molecule has 0 saturated heterocycles. The number of hydrogen-bond donors (Lipinski definition) is 1. The van der Waals surface area contributed by atoms with Crippen molar-refractivity contribution in [3.63, 3.8) is 0 Å². The first kappa shape index (κ1) is 13.7. The van der Waals surface area contributed by atoms with Crippen LogP contribution in [0.5, 0.6) is 5.88 Å². The van der Waals surface area contributed by atoms with Gasteiger partial charge in [0.15, 0.2) is 0 Å². The van der Waals surface area contributed by atoms with Crippen molar-refractivity contribution in [2.24, 2.45) is 0 Å². The molecule has 0 bridgehead atoms. The number of benzene rings is 1. The van der Waals surface area contributed by atoms with E-state index >= 15 is 0 Å². The molecular formula is C17H21N3O. The molecule has 0 aliphatic carbocycles. The Morgan fingerprint density at radius 2 is 2.19 bits per heavy atom. The molecule has 0 atom stereocenters. The normalized spacial score (nSPS) is 13.1. The Balaban J connectivity index is 1.62. The van der Waals surface area contributed by atoms with Gasteiger partial charge in [0.1, 0.15) is 0 Å². The number of anilines is 2. The van der Waals surface area contributed by atoms with Crippen molar-refractivity contribution in [3.05, 3.63) is 47.7 Å². The van der Waals surface area contributed by atoms with E-state index in [0.717, 1.165) is 25.2 Å². The Morgan fingerprint density at radius 3 is 2.95 bits per heavy atom. The fraction of sp³-hybridized carbons (Fsp3) is 0.353. The number of fused-ring (bicyclic) bond motifs is 1. The summed E-state index contributed by atoms with van der Waals surface area (Å²) < 4.78 is 5.34. The van der Waals surface area contributed by atoms with Gasteiger partial charge in [0.25, 0.3) is 0 Å². The lowest BCUT2D eigenvalue weighted by molar-refractivity contribution is 0.327. The van der Waals surface area contributed by atoms with Gasteiger partial charge in [0.2, 0.25) is 5.88 Å². The van der Waals surface area contributed by atoms with Crippen molar-refractivity contribution in [2.45, 2.75) is 19.9 Å². The highest BCUT2D eigenvalue weighted by atomic mass is 16.5. The Hall–Kier alpha value is -2.23. The number of pyridine rings is 1. The summed E-state index contributed by atoms with van der Waals surface area (Å²) in [6, 6.07) is 10.6. The molecule has 0 amide bonds. The van der Waals surface area contributed by atoms with Crippen LogP contribution in [-0.2, 0) is 13.0 Å². The molecule has 0 unspecified atom stereocenters. The minimum absolute atomic E-state index is 0.642. The maximum absolute atomic E-state index is 5.34. The minimum Gasteiger partial charge on any atom is -0.478 e. The molecule has 0 fully saturated rings. The van der Waals surface area contributed by atoms with E-state index in [0.29, 0.717) is 12.5 Å². The molecule has 1 aliphatic heterocycles. The summed E-state index contributed by atoms with van der Waals surface area (Å²) in [7, 11) is 2.15. The third kappa shape index (κ3) is 3.10. The average molecular weight is 283 g/mol. The fourth-order valence-corrected chi connectivity index (χ4v) is 2.65. The zero-order valence-corrected chi connectivity index (χ0v) is 12.6. The molecule has 1 aromatic carbocycles. The van der Waals surface area contributed by atoms with Crippen LogP contribution >= 0.6 is 0 Å². The van der Waals surface area contributed by atoms with E-state index in [9.17, 15) is 0 Å². The molecule has 1 aromatic heterocycles.